The highest BCUT2D eigenvalue weighted by Crippen LogP contribution is 2.25. The van der Waals surface area contributed by atoms with Gasteiger partial charge >= 0.3 is 0 Å². The van der Waals surface area contributed by atoms with Gasteiger partial charge in [0.2, 0.25) is 0 Å². The number of rotatable bonds is 6. The number of anilines is 2. The summed E-state index contributed by atoms with van der Waals surface area (Å²) < 4.78 is 6.66. The van der Waals surface area contributed by atoms with Crippen molar-refractivity contribution < 1.29 is 0 Å². The SMILES string of the molecule is c1ccc(NSc2ccc(SNc3ccccc3)cc2)cc1. The summed E-state index contributed by atoms with van der Waals surface area (Å²) in [5.74, 6) is 0. The van der Waals surface area contributed by atoms with Crippen LogP contribution >= 0.6 is 23.9 Å². The van der Waals surface area contributed by atoms with E-state index < -0.39 is 0 Å². The van der Waals surface area contributed by atoms with Gasteiger partial charge in [0.05, 0.1) is 0 Å². The van der Waals surface area contributed by atoms with E-state index in [4.69, 9.17) is 0 Å². The number of nitrogens with one attached hydrogen (secondary N) is 2. The fraction of sp³-hybridized carbons (Fsp3) is 0. The first kappa shape index (κ1) is 14.9. The van der Waals surface area contributed by atoms with Crippen molar-refractivity contribution in [2.24, 2.45) is 0 Å². The molecule has 22 heavy (non-hydrogen) atoms. The van der Waals surface area contributed by atoms with E-state index in [1.807, 2.05) is 36.4 Å². The van der Waals surface area contributed by atoms with Gasteiger partial charge < -0.3 is 9.44 Å². The standard InChI is InChI=1S/C18H16N2S2/c1-3-7-15(8-4-1)19-21-17-11-13-18(14-12-17)22-20-16-9-5-2-6-10-16/h1-14,19-20H. The van der Waals surface area contributed by atoms with Crippen molar-refractivity contribution in [2.45, 2.75) is 9.79 Å². The summed E-state index contributed by atoms with van der Waals surface area (Å²) >= 11 is 3.23. The van der Waals surface area contributed by atoms with E-state index in [9.17, 15) is 0 Å². The lowest BCUT2D eigenvalue weighted by atomic mass is 10.3. The van der Waals surface area contributed by atoms with E-state index in [-0.39, 0.29) is 0 Å². The van der Waals surface area contributed by atoms with Crippen LogP contribution in [0, 0.1) is 0 Å². The van der Waals surface area contributed by atoms with Gasteiger partial charge in [0, 0.05) is 21.2 Å². The molecular weight excluding hydrogens is 308 g/mol. The molecule has 0 heterocycles. The van der Waals surface area contributed by atoms with Crippen LogP contribution in [0.15, 0.2) is 94.7 Å². The highest BCUT2D eigenvalue weighted by atomic mass is 32.2. The lowest BCUT2D eigenvalue weighted by Crippen LogP contribution is -1.87. The third-order valence-electron chi connectivity index (χ3n) is 2.94. The number of hydrogen-bond acceptors (Lipinski definition) is 4. The molecule has 3 aromatic rings. The Morgan fingerprint density at radius 2 is 0.818 bits per heavy atom. The molecule has 0 aliphatic carbocycles. The molecule has 0 unspecified atom stereocenters. The second-order valence-corrected chi connectivity index (χ2v) is 6.37. The zero-order valence-electron chi connectivity index (χ0n) is 11.9. The van der Waals surface area contributed by atoms with Gasteiger partial charge in [0.25, 0.3) is 0 Å². The van der Waals surface area contributed by atoms with Gasteiger partial charge in [-0.25, -0.2) is 0 Å². The van der Waals surface area contributed by atoms with Crippen LogP contribution in [-0.2, 0) is 0 Å². The van der Waals surface area contributed by atoms with Gasteiger partial charge in [-0.05, 0) is 72.4 Å². The second kappa shape index (κ2) is 7.82. The van der Waals surface area contributed by atoms with Crippen molar-refractivity contribution in [3.05, 3.63) is 84.9 Å². The highest BCUT2D eigenvalue weighted by Gasteiger charge is 1.98. The maximum atomic E-state index is 3.33. The summed E-state index contributed by atoms with van der Waals surface area (Å²) in [6.45, 7) is 0. The first-order chi connectivity index (χ1) is 10.9. The molecule has 0 bridgehead atoms. The molecule has 0 atom stereocenters. The molecule has 0 aliphatic rings. The van der Waals surface area contributed by atoms with E-state index in [0.29, 0.717) is 0 Å². The lowest BCUT2D eigenvalue weighted by molar-refractivity contribution is 1.36. The number of benzene rings is 3. The predicted octanol–water partition coefficient (Wildman–Crippen LogP) is 5.93. The summed E-state index contributed by atoms with van der Waals surface area (Å²) in [5, 5.41) is 0. The molecule has 0 radical (unpaired) electrons. The lowest BCUT2D eigenvalue weighted by Gasteiger charge is -2.07. The van der Waals surface area contributed by atoms with Crippen LogP contribution in [-0.4, -0.2) is 0 Å². The van der Waals surface area contributed by atoms with Crippen LogP contribution in [0.25, 0.3) is 0 Å². The van der Waals surface area contributed by atoms with Gasteiger partial charge in [-0.2, -0.15) is 0 Å². The van der Waals surface area contributed by atoms with Gasteiger partial charge in [-0.1, -0.05) is 36.4 Å². The summed E-state index contributed by atoms with van der Waals surface area (Å²) in [4.78, 5) is 2.38. The Morgan fingerprint density at radius 1 is 0.455 bits per heavy atom. The molecule has 110 valence electrons. The van der Waals surface area contributed by atoms with E-state index in [1.54, 1.807) is 23.9 Å². The molecule has 0 amide bonds. The summed E-state index contributed by atoms with van der Waals surface area (Å²) in [6.07, 6.45) is 0. The Morgan fingerprint density at radius 3 is 1.18 bits per heavy atom. The maximum Gasteiger partial charge on any atom is 0.0443 e. The molecule has 3 aromatic carbocycles. The van der Waals surface area contributed by atoms with Crippen molar-refractivity contribution in [3.8, 4) is 0 Å². The topological polar surface area (TPSA) is 24.1 Å². The van der Waals surface area contributed by atoms with E-state index in [1.165, 1.54) is 9.79 Å². The van der Waals surface area contributed by atoms with Gasteiger partial charge in [0.1, 0.15) is 0 Å². The normalized spacial score (nSPS) is 10.2. The Kier molecular flexibility index (Phi) is 5.29. The molecular formula is C18H16N2S2. The largest absolute Gasteiger partial charge is 0.326 e. The first-order valence-corrected chi connectivity index (χ1v) is 8.59. The Hall–Kier alpha value is -2.04. The van der Waals surface area contributed by atoms with Crippen molar-refractivity contribution in [1.82, 2.24) is 0 Å². The summed E-state index contributed by atoms with van der Waals surface area (Å²) in [5.41, 5.74) is 2.22. The van der Waals surface area contributed by atoms with Crippen molar-refractivity contribution in [2.75, 3.05) is 9.44 Å². The molecule has 0 spiro atoms. The monoisotopic (exact) mass is 324 g/mol. The maximum absolute atomic E-state index is 3.33. The molecule has 0 saturated heterocycles. The number of hydrogen-bond donors (Lipinski definition) is 2. The van der Waals surface area contributed by atoms with Gasteiger partial charge in [0.15, 0.2) is 0 Å². The average Bonchev–Trinajstić information content (AvgIpc) is 2.61. The van der Waals surface area contributed by atoms with Crippen LogP contribution in [0.1, 0.15) is 0 Å². The van der Waals surface area contributed by atoms with Crippen LogP contribution < -0.4 is 9.44 Å². The smallest absolute Gasteiger partial charge is 0.0443 e. The minimum atomic E-state index is 1.11. The van der Waals surface area contributed by atoms with Gasteiger partial charge in [-0.15, -0.1) is 0 Å². The second-order valence-electron chi connectivity index (χ2n) is 4.61. The minimum absolute atomic E-state index is 1.11. The predicted molar refractivity (Wildman–Crippen MR) is 98.3 cm³/mol. The van der Waals surface area contributed by atoms with E-state index >= 15 is 0 Å². The fourth-order valence-corrected chi connectivity index (χ4v) is 3.11. The van der Waals surface area contributed by atoms with Crippen LogP contribution in [0.4, 0.5) is 11.4 Å². The Balaban J connectivity index is 1.52. The molecule has 2 N–H and O–H groups in total. The van der Waals surface area contributed by atoms with Crippen LogP contribution in [0.3, 0.4) is 0 Å². The summed E-state index contributed by atoms with van der Waals surface area (Å²) in [6, 6.07) is 28.8. The molecule has 0 aromatic heterocycles. The minimum Gasteiger partial charge on any atom is -0.326 e. The molecule has 4 heteroatoms. The quantitative estimate of drug-likeness (QED) is 0.549. The van der Waals surface area contributed by atoms with Gasteiger partial charge in [-0.3, -0.25) is 0 Å². The molecule has 0 aliphatic heterocycles. The molecule has 3 rings (SSSR count). The third-order valence-corrected chi connectivity index (χ3v) is 4.64. The van der Waals surface area contributed by atoms with Crippen LogP contribution in [0.5, 0.6) is 0 Å². The van der Waals surface area contributed by atoms with Crippen molar-refractivity contribution in [3.63, 3.8) is 0 Å². The van der Waals surface area contributed by atoms with E-state index in [0.717, 1.165) is 11.4 Å². The van der Waals surface area contributed by atoms with Crippen molar-refractivity contribution in [1.29, 1.82) is 0 Å². The third kappa shape index (κ3) is 4.48. The molecule has 0 fully saturated rings. The first-order valence-electron chi connectivity index (χ1n) is 6.96. The van der Waals surface area contributed by atoms with Crippen molar-refractivity contribution >= 4 is 35.3 Å². The highest BCUT2D eigenvalue weighted by molar-refractivity contribution is 8.01. The molecule has 2 nitrogen and oxygen atoms in total. The van der Waals surface area contributed by atoms with E-state index in [2.05, 4.69) is 58.0 Å². The zero-order chi connectivity index (χ0) is 15.0. The fourth-order valence-electron chi connectivity index (χ4n) is 1.82. The summed E-state index contributed by atoms with van der Waals surface area (Å²) in [7, 11) is 0. The average molecular weight is 324 g/mol. The molecule has 0 saturated carbocycles. The Labute approximate surface area is 139 Å². The zero-order valence-corrected chi connectivity index (χ0v) is 13.5. The Bertz CT molecular complexity index is 623. The number of para-hydroxylation sites is 2. The van der Waals surface area contributed by atoms with Crippen LogP contribution in [0.2, 0.25) is 0 Å².